The van der Waals surface area contributed by atoms with E-state index in [1.807, 2.05) is 0 Å². The molecule has 3 aliphatic carbocycles. The normalized spacial score (nSPS) is 39.5. The quantitative estimate of drug-likeness (QED) is 0.755. The predicted molar refractivity (Wildman–Crippen MR) is 90.3 cm³/mol. The first-order valence-corrected chi connectivity index (χ1v) is 9.32. The first-order valence-electron chi connectivity index (χ1n) is 9.32. The summed E-state index contributed by atoms with van der Waals surface area (Å²) in [7, 11) is 0. The molecule has 0 aromatic heterocycles. The molecule has 128 valence electrons. The maximum Gasteiger partial charge on any atom is 0.161 e. The minimum atomic E-state index is -0.682. The van der Waals surface area contributed by atoms with Crippen molar-refractivity contribution in [2.24, 2.45) is 39.9 Å². The molecule has 0 aromatic rings. The summed E-state index contributed by atoms with van der Waals surface area (Å²) >= 11 is 0. The zero-order valence-corrected chi connectivity index (χ0v) is 15.6. The van der Waals surface area contributed by atoms with Crippen LogP contribution in [0.2, 0.25) is 0 Å². The molecule has 0 heterocycles. The average Bonchev–Trinajstić information content (AvgIpc) is 2.72. The monoisotopic (exact) mass is 308 g/mol. The van der Waals surface area contributed by atoms with Crippen molar-refractivity contribution in [1.82, 2.24) is 0 Å². The van der Waals surface area contributed by atoms with Crippen molar-refractivity contribution in [2.75, 3.05) is 0 Å². The summed E-state index contributed by atoms with van der Waals surface area (Å²) in [5.74, 6) is 3.58. The molecule has 0 spiro atoms. The Bertz CT molecular complexity index is 414. The largest absolute Gasteiger partial charge is 0.367 e. The summed E-state index contributed by atoms with van der Waals surface area (Å²) in [6.07, 6.45) is 5.08. The number of aliphatic hydroxyl groups is 1. The smallest absolute Gasteiger partial charge is 0.161 e. The Labute approximate surface area is 137 Å². The molecule has 6 unspecified atom stereocenters. The lowest BCUT2D eigenvalue weighted by Crippen LogP contribution is -2.63. The van der Waals surface area contributed by atoms with Gasteiger partial charge in [-0.2, -0.15) is 0 Å². The molecular formula is C20H36O2. The molecule has 3 rings (SSSR count). The Morgan fingerprint density at radius 2 is 1.41 bits per heavy atom. The van der Waals surface area contributed by atoms with Crippen LogP contribution in [-0.2, 0) is 4.74 Å². The van der Waals surface area contributed by atoms with E-state index in [1.165, 1.54) is 25.7 Å². The third-order valence-corrected chi connectivity index (χ3v) is 8.01. The third-order valence-electron chi connectivity index (χ3n) is 8.01. The van der Waals surface area contributed by atoms with Crippen LogP contribution in [0.15, 0.2) is 0 Å². The highest BCUT2D eigenvalue weighted by molar-refractivity contribution is 5.11. The van der Waals surface area contributed by atoms with E-state index in [4.69, 9.17) is 4.74 Å². The molecule has 1 N–H and O–H groups in total. The summed E-state index contributed by atoms with van der Waals surface area (Å²) in [6, 6.07) is 0. The number of fused-ring (bicyclic) bond motifs is 4. The molecule has 0 aromatic carbocycles. The van der Waals surface area contributed by atoms with Gasteiger partial charge in [0.1, 0.15) is 0 Å². The maximum atomic E-state index is 11.0. The Balaban J connectivity index is 1.69. The molecule has 6 atom stereocenters. The number of rotatable bonds is 3. The van der Waals surface area contributed by atoms with E-state index in [0.717, 1.165) is 23.7 Å². The van der Waals surface area contributed by atoms with Crippen LogP contribution in [0.5, 0.6) is 0 Å². The minimum Gasteiger partial charge on any atom is -0.367 e. The average molecular weight is 309 g/mol. The van der Waals surface area contributed by atoms with Gasteiger partial charge in [0.25, 0.3) is 0 Å². The van der Waals surface area contributed by atoms with Gasteiger partial charge in [-0.05, 0) is 53.8 Å². The molecule has 2 nitrogen and oxygen atoms in total. The third kappa shape index (κ3) is 2.13. The van der Waals surface area contributed by atoms with Crippen LogP contribution < -0.4 is 0 Å². The van der Waals surface area contributed by atoms with Crippen molar-refractivity contribution in [1.29, 1.82) is 0 Å². The van der Waals surface area contributed by atoms with Crippen LogP contribution in [0, 0.1) is 39.9 Å². The lowest BCUT2D eigenvalue weighted by atomic mass is 9.46. The summed E-state index contributed by atoms with van der Waals surface area (Å²) < 4.78 is 6.30. The highest BCUT2D eigenvalue weighted by Gasteiger charge is 2.63. The Kier molecular flexibility index (Phi) is 3.78. The van der Waals surface area contributed by atoms with E-state index in [0.29, 0.717) is 6.10 Å². The van der Waals surface area contributed by atoms with Gasteiger partial charge in [-0.25, -0.2) is 0 Å². The van der Waals surface area contributed by atoms with Gasteiger partial charge < -0.3 is 9.84 Å². The lowest BCUT2D eigenvalue weighted by molar-refractivity contribution is -0.307. The van der Waals surface area contributed by atoms with E-state index < -0.39 is 6.29 Å². The Morgan fingerprint density at radius 1 is 0.864 bits per heavy atom. The van der Waals surface area contributed by atoms with E-state index in [1.54, 1.807) is 0 Å². The minimum absolute atomic E-state index is 0.0106. The van der Waals surface area contributed by atoms with Gasteiger partial charge in [-0.15, -0.1) is 0 Å². The van der Waals surface area contributed by atoms with Crippen molar-refractivity contribution in [2.45, 2.75) is 86.5 Å². The highest BCUT2D eigenvalue weighted by Crippen LogP contribution is 2.66. The second kappa shape index (κ2) is 4.96. The van der Waals surface area contributed by atoms with Crippen LogP contribution in [0.1, 0.15) is 74.1 Å². The molecule has 3 aliphatic rings. The van der Waals surface area contributed by atoms with E-state index in [2.05, 4.69) is 48.5 Å². The molecule has 3 fully saturated rings. The lowest BCUT2D eigenvalue weighted by Gasteiger charge is -2.63. The first-order chi connectivity index (χ1) is 9.98. The Morgan fingerprint density at radius 3 is 1.95 bits per heavy atom. The van der Waals surface area contributed by atoms with E-state index >= 15 is 0 Å². The van der Waals surface area contributed by atoms with Gasteiger partial charge in [0, 0.05) is 5.41 Å². The predicted octanol–water partition coefficient (Wildman–Crippen LogP) is 4.85. The summed E-state index contributed by atoms with van der Waals surface area (Å²) in [5, 5.41) is 11.0. The van der Waals surface area contributed by atoms with E-state index in [-0.39, 0.29) is 16.2 Å². The number of hydrogen-bond donors (Lipinski definition) is 1. The van der Waals surface area contributed by atoms with Crippen LogP contribution in [0.3, 0.4) is 0 Å². The van der Waals surface area contributed by atoms with Gasteiger partial charge >= 0.3 is 0 Å². The molecule has 0 amide bonds. The molecule has 2 heteroatoms. The van der Waals surface area contributed by atoms with E-state index in [9.17, 15) is 5.11 Å². The molecular weight excluding hydrogens is 272 g/mol. The molecule has 0 aliphatic heterocycles. The number of aliphatic hydroxyl groups excluding tert-OH is 1. The molecule has 22 heavy (non-hydrogen) atoms. The molecule has 0 saturated heterocycles. The maximum absolute atomic E-state index is 11.0. The number of hydrogen-bond acceptors (Lipinski definition) is 2. The Hall–Kier alpha value is -0.0800. The second-order valence-corrected chi connectivity index (χ2v) is 10.5. The van der Waals surface area contributed by atoms with Gasteiger partial charge in [0.2, 0.25) is 0 Å². The first kappa shape index (κ1) is 16.8. The summed E-state index contributed by atoms with van der Waals surface area (Å²) in [6.45, 7) is 15.6. The fourth-order valence-electron chi connectivity index (χ4n) is 5.91. The van der Waals surface area contributed by atoms with Crippen LogP contribution in [-0.4, -0.2) is 17.5 Å². The zero-order valence-electron chi connectivity index (χ0n) is 15.6. The van der Waals surface area contributed by atoms with Crippen LogP contribution >= 0.6 is 0 Å². The van der Waals surface area contributed by atoms with Crippen molar-refractivity contribution in [3.8, 4) is 0 Å². The van der Waals surface area contributed by atoms with Gasteiger partial charge in [-0.1, -0.05) is 54.9 Å². The summed E-state index contributed by atoms with van der Waals surface area (Å²) in [4.78, 5) is 0. The topological polar surface area (TPSA) is 29.5 Å². The zero-order chi connectivity index (χ0) is 16.5. The van der Waals surface area contributed by atoms with Crippen molar-refractivity contribution < 1.29 is 9.84 Å². The van der Waals surface area contributed by atoms with Crippen molar-refractivity contribution in [3.63, 3.8) is 0 Å². The van der Waals surface area contributed by atoms with Gasteiger partial charge in [0.15, 0.2) is 6.29 Å². The van der Waals surface area contributed by atoms with Crippen molar-refractivity contribution in [3.05, 3.63) is 0 Å². The second-order valence-electron chi connectivity index (χ2n) is 10.5. The van der Waals surface area contributed by atoms with Gasteiger partial charge in [0.05, 0.1) is 6.10 Å². The van der Waals surface area contributed by atoms with Gasteiger partial charge in [-0.3, -0.25) is 0 Å². The fraction of sp³-hybridized carbons (Fsp3) is 1.00. The molecule has 3 saturated carbocycles. The molecule has 0 radical (unpaired) electrons. The number of ether oxygens (including phenoxy) is 1. The highest BCUT2D eigenvalue weighted by atomic mass is 16.6. The SMILES string of the molecule is CC(C)(C)C(C)(C(O)OC1CC2C3CCCC3C12)C(C)(C)C. The van der Waals surface area contributed by atoms with Crippen LogP contribution in [0.25, 0.3) is 0 Å². The fourth-order valence-corrected chi connectivity index (χ4v) is 5.91. The summed E-state index contributed by atoms with van der Waals surface area (Å²) in [5.41, 5.74) is -0.295. The standard InChI is InChI=1S/C20H36O2/c1-18(2,3)20(7,19(4,5)6)17(21)22-15-11-14-12-9-8-10-13(12)16(14)15/h12-17,21H,8-11H2,1-7H3. The van der Waals surface area contributed by atoms with Crippen molar-refractivity contribution >= 4 is 0 Å². The van der Waals surface area contributed by atoms with Crippen LogP contribution in [0.4, 0.5) is 0 Å². The molecule has 0 bridgehead atoms.